The van der Waals surface area contributed by atoms with Crippen LogP contribution in [0.15, 0.2) is 42.5 Å². The fraction of sp³-hybridized carbons (Fsp3) is 0.200. The van der Waals surface area contributed by atoms with E-state index in [1.54, 1.807) is 12.1 Å². The van der Waals surface area contributed by atoms with Gasteiger partial charge in [0.25, 0.3) is 0 Å². The Hall–Kier alpha value is -1.51. The number of aromatic hydroxyl groups is 1. The Morgan fingerprint density at radius 1 is 1.06 bits per heavy atom. The van der Waals surface area contributed by atoms with Gasteiger partial charge in [0.1, 0.15) is 5.75 Å². The molecule has 0 aliphatic carbocycles. The molecule has 2 rings (SSSR count). The topological polar surface area (TPSA) is 46.2 Å². The van der Waals surface area contributed by atoms with Crippen molar-refractivity contribution in [2.45, 2.75) is 20.4 Å². The molecule has 0 atom stereocenters. The maximum Gasteiger partial charge on any atom is 0.120 e. The van der Waals surface area contributed by atoms with Crippen LogP contribution in [0.5, 0.6) is 5.75 Å². The van der Waals surface area contributed by atoms with Gasteiger partial charge in [-0.15, -0.1) is 0 Å². The Morgan fingerprint density at radius 2 is 1.67 bits per heavy atom. The Kier molecular flexibility index (Phi) is 5.69. The summed E-state index contributed by atoms with van der Waals surface area (Å²) in [5.74, 6) is 0.201. The summed E-state index contributed by atoms with van der Waals surface area (Å²) in [5.41, 5.74) is 8.65. The predicted octanol–water partition coefficient (Wildman–Crippen LogP) is 3.81. The van der Waals surface area contributed by atoms with Gasteiger partial charge in [-0.2, -0.15) is 0 Å². The molecule has 0 fully saturated rings. The van der Waals surface area contributed by atoms with Gasteiger partial charge < -0.3 is 10.8 Å². The predicted molar refractivity (Wildman–Crippen MR) is 76.9 cm³/mol. The minimum atomic E-state index is 0.201. The van der Waals surface area contributed by atoms with E-state index < -0.39 is 0 Å². The third-order valence-corrected chi connectivity index (χ3v) is 2.67. The number of aryl methyl sites for hydroxylation is 2. The third kappa shape index (κ3) is 4.78. The van der Waals surface area contributed by atoms with Crippen LogP contribution in [0.1, 0.15) is 16.7 Å². The van der Waals surface area contributed by atoms with Gasteiger partial charge in [0.05, 0.1) is 0 Å². The molecule has 0 aliphatic rings. The smallest absolute Gasteiger partial charge is 0.120 e. The van der Waals surface area contributed by atoms with Crippen LogP contribution in [0.4, 0.5) is 0 Å². The van der Waals surface area contributed by atoms with E-state index >= 15 is 0 Å². The lowest BCUT2D eigenvalue weighted by atomic mass is 10.2. The molecule has 0 aliphatic heterocycles. The number of phenolic OH excluding ortho intramolecular Hbond substituents is 1. The normalized spacial score (nSPS) is 9.56. The second-order valence-electron chi connectivity index (χ2n) is 4.14. The molecule has 0 bridgehead atoms. The number of hydrogen-bond donors (Lipinski definition) is 2. The average molecular weight is 264 g/mol. The van der Waals surface area contributed by atoms with Gasteiger partial charge in [0.15, 0.2) is 0 Å². The van der Waals surface area contributed by atoms with Crippen LogP contribution in [0.3, 0.4) is 0 Å². The summed E-state index contributed by atoms with van der Waals surface area (Å²) in [6.45, 7) is 4.52. The van der Waals surface area contributed by atoms with Crippen molar-refractivity contribution in [3.63, 3.8) is 0 Å². The van der Waals surface area contributed by atoms with Crippen molar-refractivity contribution >= 4 is 11.6 Å². The molecule has 2 nitrogen and oxygen atoms in total. The summed E-state index contributed by atoms with van der Waals surface area (Å²) in [6, 6.07) is 13.3. The van der Waals surface area contributed by atoms with Crippen molar-refractivity contribution < 1.29 is 5.11 Å². The maximum absolute atomic E-state index is 9.10. The zero-order valence-electron chi connectivity index (χ0n) is 10.7. The summed E-state index contributed by atoms with van der Waals surface area (Å²) in [4.78, 5) is 0. The van der Waals surface area contributed by atoms with Crippen molar-refractivity contribution in [1.29, 1.82) is 0 Å². The Bertz CT molecular complexity index is 494. The SMILES string of the molecule is Cc1cccc(C)c1.NCc1cc(Cl)ccc1O. The highest BCUT2D eigenvalue weighted by atomic mass is 35.5. The number of rotatable bonds is 1. The van der Waals surface area contributed by atoms with Crippen molar-refractivity contribution in [2.24, 2.45) is 5.73 Å². The maximum atomic E-state index is 9.10. The molecule has 0 saturated heterocycles. The van der Waals surface area contributed by atoms with Crippen molar-refractivity contribution in [1.82, 2.24) is 0 Å². The van der Waals surface area contributed by atoms with Crippen LogP contribution in [0.25, 0.3) is 0 Å². The monoisotopic (exact) mass is 263 g/mol. The highest BCUT2D eigenvalue weighted by molar-refractivity contribution is 6.30. The highest BCUT2D eigenvalue weighted by Crippen LogP contribution is 2.20. The molecule has 0 heterocycles. The van der Waals surface area contributed by atoms with Gasteiger partial charge in [-0.05, 0) is 32.0 Å². The van der Waals surface area contributed by atoms with E-state index in [9.17, 15) is 0 Å². The Balaban J connectivity index is 0.000000184. The number of nitrogens with two attached hydrogens (primary N) is 1. The molecule has 0 saturated carbocycles. The van der Waals surface area contributed by atoms with Gasteiger partial charge in [-0.25, -0.2) is 0 Å². The first kappa shape index (κ1) is 14.6. The molecule has 3 N–H and O–H groups in total. The molecule has 3 heteroatoms. The first-order valence-corrected chi connectivity index (χ1v) is 6.11. The summed E-state index contributed by atoms with van der Waals surface area (Å²) >= 11 is 5.63. The largest absolute Gasteiger partial charge is 0.508 e. The van der Waals surface area contributed by atoms with E-state index in [-0.39, 0.29) is 5.75 Å². The van der Waals surface area contributed by atoms with Crippen LogP contribution >= 0.6 is 11.6 Å². The van der Waals surface area contributed by atoms with Crippen LogP contribution in [0, 0.1) is 13.8 Å². The van der Waals surface area contributed by atoms with E-state index in [1.807, 2.05) is 0 Å². The molecule has 0 spiro atoms. The standard InChI is InChI=1S/C8H10.C7H8ClNO/c1-7-4-3-5-8(2)6-7;8-6-1-2-7(10)5(3-6)4-9/h3-6H,1-2H3;1-3,10H,4,9H2. The highest BCUT2D eigenvalue weighted by Gasteiger charge is 1.97. The van der Waals surface area contributed by atoms with Gasteiger partial charge in [0.2, 0.25) is 0 Å². The van der Waals surface area contributed by atoms with Crippen molar-refractivity contribution in [3.05, 3.63) is 64.2 Å². The Labute approximate surface area is 113 Å². The molecular weight excluding hydrogens is 246 g/mol. The third-order valence-electron chi connectivity index (χ3n) is 2.44. The average Bonchev–Trinajstić information content (AvgIpc) is 2.33. The van der Waals surface area contributed by atoms with Gasteiger partial charge in [0, 0.05) is 17.1 Å². The molecule has 0 radical (unpaired) electrons. The van der Waals surface area contributed by atoms with E-state index in [0.29, 0.717) is 17.1 Å². The lowest BCUT2D eigenvalue weighted by Crippen LogP contribution is -1.95. The lowest BCUT2D eigenvalue weighted by Gasteiger charge is -1.99. The molecule has 96 valence electrons. The first-order valence-electron chi connectivity index (χ1n) is 5.73. The zero-order valence-corrected chi connectivity index (χ0v) is 11.4. The zero-order chi connectivity index (χ0) is 13.5. The first-order chi connectivity index (χ1) is 8.52. The molecule has 2 aromatic carbocycles. The number of phenols is 1. The van der Waals surface area contributed by atoms with Crippen molar-refractivity contribution in [3.8, 4) is 5.75 Å². The summed E-state index contributed by atoms with van der Waals surface area (Å²) in [5, 5.41) is 9.69. The molecule has 0 unspecified atom stereocenters. The van der Waals surface area contributed by atoms with E-state index in [4.69, 9.17) is 22.4 Å². The fourth-order valence-electron chi connectivity index (χ4n) is 1.52. The van der Waals surface area contributed by atoms with E-state index in [2.05, 4.69) is 38.1 Å². The van der Waals surface area contributed by atoms with Gasteiger partial charge in [-0.3, -0.25) is 0 Å². The molecular formula is C15H18ClNO. The minimum absolute atomic E-state index is 0.201. The summed E-state index contributed by atoms with van der Waals surface area (Å²) < 4.78 is 0. The number of halogens is 1. The van der Waals surface area contributed by atoms with Crippen molar-refractivity contribution in [2.75, 3.05) is 0 Å². The molecule has 18 heavy (non-hydrogen) atoms. The molecule has 0 aromatic heterocycles. The van der Waals surface area contributed by atoms with E-state index in [1.165, 1.54) is 17.2 Å². The number of hydrogen-bond acceptors (Lipinski definition) is 2. The second kappa shape index (κ2) is 7.04. The van der Waals surface area contributed by atoms with Crippen LogP contribution in [-0.2, 0) is 6.54 Å². The molecule has 2 aromatic rings. The summed E-state index contributed by atoms with van der Waals surface area (Å²) in [7, 11) is 0. The lowest BCUT2D eigenvalue weighted by molar-refractivity contribution is 0.468. The molecule has 0 amide bonds. The fourth-order valence-corrected chi connectivity index (χ4v) is 1.72. The Morgan fingerprint density at radius 3 is 2.06 bits per heavy atom. The van der Waals surface area contributed by atoms with Crippen LogP contribution in [0.2, 0.25) is 5.02 Å². The van der Waals surface area contributed by atoms with Crippen LogP contribution < -0.4 is 5.73 Å². The summed E-state index contributed by atoms with van der Waals surface area (Å²) in [6.07, 6.45) is 0. The van der Waals surface area contributed by atoms with Gasteiger partial charge in [-0.1, -0.05) is 47.0 Å². The quantitative estimate of drug-likeness (QED) is 0.822. The number of benzene rings is 2. The second-order valence-corrected chi connectivity index (χ2v) is 4.57. The van der Waals surface area contributed by atoms with Crippen LogP contribution in [-0.4, -0.2) is 5.11 Å². The van der Waals surface area contributed by atoms with E-state index in [0.717, 1.165) is 0 Å². The minimum Gasteiger partial charge on any atom is -0.508 e. The van der Waals surface area contributed by atoms with Gasteiger partial charge >= 0.3 is 0 Å².